The topological polar surface area (TPSA) is 15.3 Å². The van der Waals surface area contributed by atoms with Gasteiger partial charge in [-0.15, -0.1) is 0 Å². The van der Waals surface area contributed by atoms with Crippen LogP contribution in [-0.4, -0.2) is 31.6 Å². The van der Waals surface area contributed by atoms with Gasteiger partial charge in [0.2, 0.25) is 0 Å². The molecule has 2 heteroatoms. The number of hydrogen-bond acceptors (Lipinski definition) is 2. The van der Waals surface area contributed by atoms with Crippen molar-refractivity contribution in [3.05, 3.63) is 48.0 Å². The molecule has 2 atom stereocenters. The maximum atomic E-state index is 3.63. The quantitative estimate of drug-likeness (QED) is 0.881. The van der Waals surface area contributed by atoms with Crippen molar-refractivity contribution in [3.63, 3.8) is 0 Å². The van der Waals surface area contributed by atoms with Crippen LogP contribution in [0.25, 0.3) is 10.8 Å². The Kier molecular flexibility index (Phi) is 4.56. The molecule has 0 aliphatic carbocycles. The molecular formula is C17H24N2. The van der Waals surface area contributed by atoms with E-state index in [9.17, 15) is 0 Å². The highest BCUT2D eigenvalue weighted by Crippen LogP contribution is 2.23. The van der Waals surface area contributed by atoms with Crippen LogP contribution in [0.4, 0.5) is 0 Å². The van der Waals surface area contributed by atoms with Crippen molar-refractivity contribution >= 4 is 10.8 Å². The summed E-state index contributed by atoms with van der Waals surface area (Å²) in [7, 11) is 4.24. The monoisotopic (exact) mass is 256 g/mol. The third-order valence-electron chi connectivity index (χ3n) is 3.89. The first kappa shape index (κ1) is 14.0. The van der Waals surface area contributed by atoms with Crippen LogP contribution in [0.5, 0.6) is 0 Å². The first-order valence-electron chi connectivity index (χ1n) is 6.97. The summed E-state index contributed by atoms with van der Waals surface area (Å²) in [6.07, 6.45) is 0. The highest BCUT2D eigenvalue weighted by Gasteiger charge is 2.11. The molecule has 2 aromatic rings. The van der Waals surface area contributed by atoms with E-state index >= 15 is 0 Å². The summed E-state index contributed by atoms with van der Waals surface area (Å²) in [4.78, 5) is 2.24. The third kappa shape index (κ3) is 3.34. The number of nitrogens with zero attached hydrogens (tertiary/aromatic N) is 1. The molecule has 2 nitrogen and oxygen atoms in total. The van der Waals surface area contributed by atoms with Gasteiger partial charge in [0.1, 0.15) is 0 Å². The van der Waals surface area contributed by atoms with Crippen LogP contribution < -0.4 is 5.32 Å². The second-order valence-electron chi connectivity index (χ2n) is 5.51. The highest BCUT2D eigenvalue weighted by molar-refractivity contribution is 5.86. The number of fused-ring (bicyclic) bond motifs is 1. The lowest BCUT2D eigenvalue weighted by atomic mass is 9.99. The van der Waals surface area contributed by atoms with Gasteiger partial charge in [0, 0.05) is 18.6 Å². The lowest BCUT2D eigenvalue weighted by Crippen LogP contribution is -2.36. The molecule has 0 heterocycles. The van der Waals surface area contributed by atoms with Gasteiger partial charge in [-0.05, 0) is 44.3 Å². The van der Waals surface area contributed by atoms with E-state index in [0.717, 1.165) is 6.54 Å². The summed E-state index contributed by atoms with van der Waals surface area (Å²) in [5.41, 5.74) is 1.38. The zero-order valence-electron chi connectivity index (χ0n) is 12.4. The second-order valence-corrected chi connectivity index (χ2v) is 5.51. The Morgan fingerprint density at radius 2 is 1.68 bits per heavy atom. The summed E-state index contributed by atoms with van der Waals surface area (Å²) >= 11 is 0. The van der Waals surface area contributed by atoms with Gasteiger partial charge >= 0.3 is 0 Å². The van der Waals surface area contributed by atoms with Gasteiger partial charge in [-0.1, -0.05) is 42.5 Å². The van der Waals surface area contributed by atoms with Crippen LogP contribution in [0.2, 0.25) is 0 Å². The fourth-order valence-corrected chi connectivity index (χ4v) is 2.27. The Bertz CT molecular complexity index is 528. The van der Waals surface area contributed by atoms with Crippen molar-refractivity contribution < 1.29 is 0 Å². The molecule has 0 saturated carbocycles. The van der Waals surface area contributed by atoms with Crippen LogP contribution in [0.3, 0.4) is 0 Å². The van der Waals surface area contributed by atoms with E-state index in [1.807, 2.05) is 0 Å². The van der Waals surface area contributed by atoms with Crippen molar-refractivity contribution in [1.29, 1.82) is 0 Å². The molecule has 0 amide bonds. The molecule has 0 aromatic heterocycles. The number of nitrogens with one attached hydrogen (secondary N) is 1. The number of likely N-dealkylation sites (N-methyl/N-ethyl adjacent to an activating group) is 1. The number of benzene rings is 2. The minimum atomic E-state index is 0.369. The van der Waals surface area contributed by atoms with Gasteiger partial charge < -0.3 is 10.2 Å². The first-order chi connectivity index (χ1) is 9.09. The average Bonchev–Trinajstić information content (AvgIpc) is 2.43. The smallest absolute Gasteiger partial charge is 0.0298 e. The van der Waals surface area contributed by atoms with E-state index < -0.39 is 0 Å². The molecule has 2 aromatic carbocycles. The largest absolute Gasteiger partial charge is 0.309 e. The molecule has 0 aliphatic rings. The molecule has 0 spiro atoms. The lowest BCUT2D eigenvalue weighted by Gasteiger charge is -2.23. The van der Waals surface area contributed by atoms with Crippen LogP contribution in [0, 0.1) is 0 Å². The fourth-order valence-electron chi connectivity index (χ4n) is 2.27. The maximum Gasteiger partial charge on any atom is 0.0298 e. The standard InChI is InChI=1S/C17H24N2/c1-13(19(3)4)12-18-14(2)16-11-7-9-15-8-5-6-10-17(15)16/h5-11,13-14,18H,12H2,1-4H3. The van der Waals surface area contributed by atoms with Gasteiger partial charge in [0.15, 0.2) is 0 Å². The molecule has 19 heavy (non-hydrogen) atoms. The van der Waals surface area contributed by atoms with Crippen LogP contribution in [0.15, 0.2) is 42.5 Å². The molecule has 0 radical (unpaired) electrons. The molecule has 0 fully saturated rings. The predicted molar refractivity (Wildman–Crippen MR) is 83.5 cm³/mol. The summed E-state index contributed by atoms with van der Waals surface area (Å²) in [6.45, 7) is 5.48. The van der Waals surface area contributed by atoms with Gasteiger partial charge in [-0.3, -0.25) is 0 Å². The summed E-state index contributed by atoms with van der Waals surface area (Å²) in [5, 5.41) is 6.29. The van der Waals surface area contributed by atoms with Crippen LogP contribution in [0.1, 0.15) is 25.5 Å². The van der Waals surface area contributed by atoms with E-state index in [4.69, 9.17) is 0 Å². The van der Waals surface area contributed by atoms with Crippen molar-refractivity contribution in [1.82, 2.24) is 10.2 Å². The Morgan fingerprint density at radius 1 is 1.00 bits per heavy atom. The van der Waals surface area contributed by atoms with Crippen molar-refractivity contribution in [2.45, 2.75) is 25.9 Å². The summed E-state index contributed by atoms with van der Waals surface area (Å²) in [6, 6.07) is 16.0. The third-order valence-corrected chi connectivity index (χ3v) is 3.89. The Morgan fingerprint density at radius 3 is 2.42 bits per heavy atom. The van der Waals surface area contributed by atoms with E-state index in [2.05, 4.69) is 80.6 Å². The van der Waals surface area contributed by atoms with Gasteiger partial charge in [-0.2, -0.15) is 0 Å². The second kappa shape index (κ2) is 6.18. The van der Waals surface area contributed by atoms with E-state index in [1.165, 1.54) is 16.3 Å². The molecule has 2 rings (SSSR count). The summed E-state index contributed by atoms with van der Waals surface area (Å²) in [5.74, 6) is 0. The molecule has 0 aliphatic heterocycles. The molecule has 1 N–H and O–H groups in total. The van der Waals surface area contributed by atoms with Crippen LogP contribution >= 0.6 is 0 Å². The Hall–Kier alpha value is -1.38. The number of rotatable bonds is 5. The fraction of sp³-hybridized carbons (Fsp3) is 0.412. The molecule has 0 saturated heterocycles. The summed E-state index contributed by atoms with van der Waals surface area (Å²) < 4.78 is 0. The van der Waals surface area contributed by atoms with Crippen molar-refractivity contribution in [2.24, 2.45) is 0 Å². The minimum Gasteiger partial charge on any atom is -0.309 e. The first-order valence-corrected chi connectivity index (χ1v) is 6.97. The Labute approximate surface area is 116 Å². The van der Waals surface area contributed by atoms with Crippen molar-refractivity contribution in [2.75, 3.05) is 20.6 Å². The zero-order chi connectivity index (χ0) is 13.8. The zero-order valence-corrected chi connectivity index (χ0v) is 12.4. The predicted octanol–water partition coefficient (Wildman–Crippen LogP) is 3.44. The molecule has 0 bridgehead atoms. The molecule has 102 valence electrons. The maximum absolute atomic E-state index is 3.63. The molecule has 2 unspecified atom stereocenters. The normalized spacial score (nSPS) is 14.8. The minimum absolute atomic E-state index is 0.369. The van der Waals surface area contributed by atoms with Gasteiger partial charge in [-0.25, -0.2) is 0 Å². The SMILES string of the molecule is CC(NCC(C)N(C)C)c1cccc2ccccc12. The van der Waals surface area contributed by atoms with E-state index in [1.54, 1.807) is 0 Å². The highest BCUT2D eigenvalue weighted by atomic mass is 15.1. The number of hydrogen-bond donors (Lipinski definition) is 1. The van der Waals surface area contributed by atoms with Gasteiger partial charge in [0.25, 0.3) is 0 Å². The lowest BCUT2D eigenvalue weighted by molar-refractivity contribution is 0.296. The van der Waals surface area contributed by atoms with Crippen LogP contribution in [-0.2, 0) is 0 Å². The molecular weight excluding hydrogens is 232 g/mol. The van der Waals surface area contributed by atoms with E-state index in [0.29, 0.717) is 12.1 Å². The Balaban J connectivity index is 2.15. The van der Waals surface area contributed by atoms with E-state index in [-0.39, 0.29) is 0 Å². The average molecular weight is 256 g/mol. The van der Waals surface area contributed by atoms with Gasteiger partial charge in [0.05, 0.1) is 0 Å². The van der Waals surface area contributed by atoms with Crippen molar-refractivity contribution in [3.8, 4) is 0 Å².